The van der Waals surface area contributed by atoms with Crippen LogP contribution >= 0.6 is 0 Å². The molecule has 0 spiro atoms. The number of phenolic OH excluding ortho intramolecular Hbond substituents is 1. The van der Waals surface area contributed by atoms with Crippen LogP contribution in [-0.4, -0.2) is 40.0 Å². The average Bonchev–Trinajstić information content (AvgIpc) is 2.57. The van der Waals surface area contributed by atoms with E-state index in [0.717, 1.165) is 5.56 Å². The molecule has 0 saturated heterocycles. The van der Waals surface area contributed by atoms with Crippen LogP contribution in [0.15, 0.2) is 65.2 Å². The summed E-state index contributed by atoms with van der Waals surface area (Å²) in [5.74, 6) is -0.234. The lowest BCUT2D eigenvalue weighted by molar-refractivity contribution is -0.133. The third-order valence-corrected chi connectivity index (χ3v) is 4.19. The number of aromatic hydroxyl groups is 1. The Morgan fingerprint density at radius 1 is 1.08 bits per heavy atom. The van der Waals surface area contributed by atoms with E-state index in [1.54, 1.807) is 18.2 Å². The molecule has 1 aliphatic heterocycles. The predicted molar refractivity (Wildman–Crippen MR) is 92.9 cm³/mol. The minimum atomic E-state index is -1.01. The fourth-order valence-electron chi connectivity index (χ4n) is 2.83. The predicted octanol–water partition coefficient (Wildman–Crippen LogP) is 2.97. The van der Waals surface area contributed by atoms with Crippen molar-refractivity contribution in [1.29, 1.82) is 0 Å². The molecule has 24 heavy (non-hydrogen) atoms. The number of benzene rings is 2. The molecule has 0 aliphatic carbocycles. The molecule has 1 unspecified atom stereocenters. The number of carboxylic acid groups (broad SMARTS) is 1. The molecular formula is C19H18N2O3. The minimum Gasteiger partial charge on any atom is -0.508 e. The molecule has 0 bridgehead atoms. The molecule has 0 fully saturated rings. The first-order chi connectivity index (χ1) is 11.5. The van der Waals surface area contributed by atoms with E-state index in [-0.39, 0.29) is 17.4 Å². The number of aliphatic imine (C=N–C) groups is 1. The number of amidine groups is 1. The fourth-order valence-corrected chi connectivity index (χ4v) is 2.83. The summed E-state index contributed by atoms with van der Waals surface area (Å²) in [5.41, 5.74) is 2.08. The molecule has 0 aromatic heterocycles. The van der Waals surface area contributed by atoms with Crippen LogP contribution in [0.3, 0.4) is 0 Å². The lowest BCUT2D eigenvalue weighted by Gasteiger charge is -2.33. The van der Waals surface area contributed by atoms with Gasteiger partial charge in [0.1, 0.15) is 11.6 Å². The summed E-state index contributed by atoms with van der Waals surface area (Å²) >= 11 is 0. The van der Waals surface area contributed by atoms with Crippen molar-refractivity contribution in [2.24, 2.45) is 4.99 Å². The first kappa shape index (κ1) is 15.8. The van der Waals surface area contributed by atoms with Crippen molar-refractivity contribution < 1.29 is 15.0 Å². The standard InChI is InChI=1S/C19H18N2O3/c1-12-16(19(23)24)17(14-9-6-10-15(22)11-14)20-18(21(12)2)13-7-4-3-5-8-13/h3-12,22H,1-2H3,(H,23,24). The summed E-state index contributed by atoms with van der Waals surface area (Å²) in [6, 6.07) is 15.8. The van der Waals surface area contributed by atoms with Crippen molar-refractivity contribution in [1.82, 2.24) is 4.90 Å². The Morgan fingerprint density at radius 3 is 2.38 bits per heavy atom. The zero-order chi connectivity index (χ0) is 17.3. The molecule has 0 amide bonds. The molecule has 122 valence electrons. The number of aliphatic carboxylic acids is 1. The SMILES string of the molecule is CC1C(C(=O)O)=C(c2cccc(O)c2)N=C(c2ccccc2)N1C. The monoisotopic (exact) mass is 322 g/mol. The van der Waals surface area contributed by atoms with E-state index in [0.29, 0.717) is 17.1 Å². The highest BCUT2D eigenvalue weighted by Crippen LogP contribution is 2.32. The van der Waals surface area contributed by atoms with E-state index in [2.05, 4.69) is 4.99 Å². The molecule has 1 heterocycles. The third-order valence-electron chi connectivity index (χ3n) is 4.19. The lowest BCUT2D eigenvalue weighted by atomic mass is 9.97. The van der Waals surface area contributed by atoms with Gasteiger partial charge in [0, 0.05) is 18.2 Å². The topological polar surface area (TPSA) is 73.1 Å². The van der Waals surface area contributed by atoms with Gasteiger partial charge in [-0.2, -0.15) is 0 Å². The van der Waals surface area contributed by atoms with Crippen molar-refractivity contribution in [3.05, 3.63) is 71.3 Å². The second kappa shape index (κ2) is 6.20. The maximum atomic E-state index is 11.8. The molecular weight excluding hydrogens is 304 g/mol. The highest BCUT2D eigenvalue weighted by molar-refractivity contribution is 6.08. The lowest BCUT2D eigenvalue weighted by Crippen LogP contribution is -2.41. The Hall–Kier alpha value is -3.08. The molecule has 5 nitrogen and oxygen atoms in total. The van der Waals surface area contributed by atoms with Crippen LogP contribution in [0.1, 0.15) is 18.1 Å². The molecule has 2 N–H and O–H groups in total. The Kier molecular flexibility index (Phi) is 4.08. The Bertz CT molecular complexity index is 841. The van der Waals surface area contributed by atoms with Crippen molar-refractivity contribution in [2.45, 2.75) is 13.0 Å². The third kappa shape index (κ3) is 2.76. The van der Waals surface area contributed by atoms with Gasteiger partial charge in [-0.3, -0.25) is 0 Å². The molecule has 2 aromatic rings. The van der Waals surface area contributed by atoms with Crippen molar-refractivity contribution in [2.75, 3.05) is 7.05 Å². The molecule has 1 aliphatic rings. The number of phenols is 1. The van der Waals surface area contributed by atoms with Gasteiger partial charge in [-0.05, 0) is 19.1 Å². The minimum absolute atomic E-state index is 0.0766. The number of nitrogens with zero attached hydrogens (tertiary/aromatic N) is 2. The zero-order valence-corrected chi connectivity index (χ0v) is 13.5. The first-order valence-electron chi connectivity index (χ1n) is 7.63. The normalized spacial score (nSPS) is 17.7. The number of rotatable bonds is 3. The average molecular weight is 322 g/mol. The number of hydrogen-bond donors (Lipinski definition) is 2. The smallest absolute Gasteiger partial charge is 0.335 e. The summed E-state index contributed by atoms with van der Waals surface area (Å²) in [4.78, 5) is 18.3. The summed E-state index contributed by atoms with van der Waals surface area (Å²) in [5, 5.41) is 19.4. The van der Waals surface area contributed by atoms with Crippen LogP contribution in [0.25, 0.3) is 5.70 Å². The number of carboxylic acids is 1. The summed E-state index contributed by atoms with van der Waals surface area (Å²) in [7, 11) is 1.83. The highest BCUT2D eigenvalue weighted by atomic mass is 16.4. The summed E-state index contributed by atoms with van der Waals surface area (Å²) in [6.07, 6.45) is 0. The van der Waals surface area contributed by atoms with Gasteiger partial charge >= 0.3 is 5.97 Å². The number of carbonyl (C=O) groups is 1. The van der Waals surface area contributed by atoms with Crippen LogP contribution in [0, 0.1) is 0 Å². The first-order valence-corrected chi connectivity index (χ1v) is 7.63. The van der Waals surface area contributed by atoms with Gasteiger partial charge in [0.2, 0.25) is 0 Å². The Labute approximate surface area is 140 Å². The number of likely N-dealkylation sites (N-methyl/N-ethyl adjacent to an activating group) is 1. The maximum absolute atomic E-state index is 11.8. The van der Waals surface area contributed by atoms with Crippen molar-refractivity contribution in [3.63, 3.8) is 0 Å². The summed E-state index contributed by atoms with van der Waals surface area (Å²) < 4.78 is 0. The maximum Gasteiger partial charge on any atom is 0.335 e. The molecule has 0 radical (unpaired) electrons. The van der Waals surface area contributed by atoms with Gasteiger partial charge in [-0.25, -0.2) is 9.79 Å². The number of hydrogen-bond acceptors (Lipinski definition) is 4. The van der Waals surface area contributed by atoms with Crippen LogP contribution in [-0.2, 0) is 4.79 Å². The van der Waals surface area contributed by atoms with Gasteiger partial charge in [0.05, 0.1) is 17.3 Å². The Morgan fingerprint density at radius 2 is 1.75 bits per heavy atom. The molecule has 0 saturated carbocycles. The largest absolute Gasteiger partial charge is 0.508 e. The fraction of sp³-hybridized carbons (Fsp3) is 0.158. The van der Waals surface area contributed by atoms with E-state index in [9.17, 15) is 15.0 Å². The quantitative estimate of drug-likeness (QED) is 0.911. The molecule has 1 atom stereocenters. The molecule has 5 heteroatoms. The highest BCUT2D eigenvalue weighted by Gasteiger charge is 2.31. The second-order valence-electron chi connectivity index (χ2n) is 5.71. The second-order valence-corrected chi connectivity index (χ2v) is 5.71. The van der Waals surface area contributed by atoms with E-state index in [4.69, 9.17) is 0 Å². The van der Waals surface area contributed by atoms with Gasteiger partial charge in [0.25, 0.3) is 0 Å². The van der Waals surface area contributed by atoms with Crippen LogP contribution in [0.2, 0.25) is 0 Å². The Balaban J connectivity index is 2.23. The zero-order valence-electron chi connectivity index (χ0n) is 13.5. The van der Waals surface area contributed by atoms with Crippen LogP contribution in [0.5, 0.6) is 5.75 Å². The van der Waals surface area contributed by atoms with Gasteiger partial charge in [-0.1, -0.05) is 42.5 Å². The van der Waals surface area contributed by atoms with Crippen molar-refractivity contribution >= 4 is 17.5 Å². The van der Waals surface area contributed by atoms with Gasteiger partial charge in [0.15, 0.2) is 0 Å². The van der Waals surface area contributed by atoms with Gasteiger partial charge < -0.3 is 15.1 Å². The van der Waals surface area contributed by atoms with Crippen LogP contribution < -0.4 is 0 Å². The van der Waals surface area contributed by atoms with Gasteiger partial charge in [-0.15, -0.1) is 0 Å². The summed E-state index contributed by atoms with van der Waals surface area (Å²) in [6.45, 7) is 1.84. The van der Waals surface area contributed by atoms with Crippen LogP contribution in [0.4, 0.5) is 0 Å². The van der Waals surface area contributed by atoms with E-state index >= 15 is 0 Å². The molecule has 2 aromatic carbocycles. The molecule has 3 rings (SSSR count). The van der Waals surface area contributed by atoms with E-state index in [1.807, 2.05) is 49.2 Å². The van der Waals surface area contributed by atoms with E-state index < -0.39 is 5.97 Å². The van der Waals surface area contributed by atoms with Crippen molar-refractivity contribution in [3.8, 4) is 5.75 Å². The van der Waals surface area contributed by atoms with E-state index in [1.165, 1.54) is 6.07 Å².